The summed E-state index contributed by atoms with van der Waals surface area (Å²) in [6.45, 7) is 6.29. The minimum absolute atomic E-state index is 0.154. The van der Waals surface area contributed by atoms with E-state index in [9.17, 15) is 9.59 Å². The standard InChI is InChI=1S/C16H14N4O2.C15H13N5O.C8H8N4/c1-11-4-2-3-5-14(11)10-22-16(21)13-8-6-12(7-9-13)15-17-19-20-18-15;1-10-2-8-13(9-3-10)16-15(21)12-6-4-11(5-7-12)14-17-19-20-18-14;1-6-2-4-7(5-3-6)8-9-11-12-10-8/h2-9H,10H2,1H3,(H,17,18,19,20);2-9H,1H3,(H,16,21)(H,17,18,19,20);2-5H,1H3,(H,9,10,11,12). The van der Waals surface area contributed by atoms with Gasteiger partial charge in [0.2, 0.25) is 17.5 Å². The van der Waals surface area contributed by atoms with Gasteiger partial charge in [-0.15, -0.1) is 30.6 Å². The third-order valence-corrected chi connectivity index (χ3v) is 8.06. The van der Waals surface area contributed by atoms with Gasteiger partial charge in [-0.25, -0.2) is 4.79 Å². The van der Waals surface area contributed by atoms with Crippen LogP contribution < -0.4 is 5.32 Å². The van der Waals surface area contributed by atoms with Crippen molar-refractivity contribution < 1.29 is 14.3 Å². The molecule has 16 nitrogen and oxygen atoms in total. The van der Waals surface area contributed by atoms with Crippen molar-refractivity contribution >= 4 is 17.6 Å². The molecule has 16 heteroatoms. The average Bonchev–Trinajstić information content (AvgIpc) is 4.05. The van der Waals surface area contributed by atoms with Gasteiger partial charge in [0.15, 0.2) is 0 Å². The molecule has 0 aliphatic heterocycles. The zero-order valence-electron chi connectivity index (χ0n) is 30.0. The highest BCUT2D eigenvalue weighted by atomic mass is 16.5. The number of ether oxygens (including phenoxy) is 1. The largest absolute Gasteiger partial charge is 0.457 e. The van der Waals surface area contributed by atoms with Gasteiger partial charge in [-0.3, -0.25) is 4.79 Å². The van der Waals surface area contributed by atoms with Crippen LogP contribution in [-0.4, -0.2) is 73.7 Å². The molecule has 0 bridgehead atoms. The van der Waals surface area contributed by atoms with E-state index in [1.165, 1.54) is 5.56 Å². The molecule has 0 saturated carbocycles. The molecule has 0 aliphatic carbocycles. The molecule has 55 heavy (non-hydrogen) atoms. The van der Waals surface area contributed by atoms with Crippen molar-refractivity contribution in [3.8, 4) is 34.2 Å². The fraction of sp³-hybridized carbons (Fsp3) is 0.103. The Morgan fingerprint density at radius 1 is 0.545 bits per heavy atom. The Balaban J connectivity index is 0.000000146. The normalized spacial score (nSPS) is 10.3. The van der Waals surface area contributed by atoms with Crippen LogP contribution in [0.15, 0.2) is 121 Å². The Kier molecular flexibility index (Phi) is 12.2. The molecule has 8 aromatic rings. The van der Waals surface area contributed by atoms with Crippen molar-refractivity contribution in [3.05, 3.63) is 155 Å². The first-order valence-electron chi connectivity index (χ1n) is 16.9. The van der Waals surface area contributed by atoms with E-state index in [1.54, 1.807) is 48.5 Å². The number of H-pyrrole nitrogens is 3. The van der Waals surface area contributed by atoms with Crippen LogP contribution >= 0.6 is 0 Å². The number of aromatic amines is 3. The number of tetrazole rings is 3. The molecule has 0 unspecified atom stereocenters. The van der Waals surface area contributed by atoms with Crippen LogP contribution in [0, 0.1) is 20.8 Å². The van der Waals surface area contributed by atoms with Crippen molar-refractivity contribution in [2.75, 3.05) is 5.32 Å². The van der Waals surface area contributed by atoms with Gasteiger partial charge >= 0.3 is 5.97 Å². The highest BCUT2D eigenvalue weighted by molar-refractivity contribution is 6.04. The van der Waals surface area contributed by atoms with Crippen molar-refractivity contribution in [3.63, 3.8) is 0 Å². The molecule has 0 fully saturated rings. The summed E-state index contributed by atoms with van der Waals surface area (Å²) in [4.78, 5) is 24.2. The second-order valence-electron chi connectivity index (χ2n) is 12.0. The number of rotatable bonds is 8. The number of aryl methyl sites for hydroxylation is 3. The average molecular weight is 734 g/mol. The molecule has 8 rings (SSSR count). The summed E-state index contributed by atoms with van der Waals surface area (Å²) in [5, 5.41) is 43.8. The summed E-state index contributed by atoms with van der Waals surface area (Å²) >= 11 is 0. The fourth-order valence-corrected chi connectivity index (χ4v) is 4.92. The molecule has 274 valence electrons. The Morgan fingerprint density at radius 3 is 1.44 bits per heavy atom. The summed E-state index contributed by atoms with van der Waals surface area (Å²) in [6.07, 6.45) is 0. The predicted octanol–water partition coefficient (Wildman–Crippen LogP) is 6.13. The second kappa shape index (κ2) is 18.1. The molecule has 3 aromatic heterocycles. The molecule has 5 aromatic carbocycles. The van der Waals surface area contributed by atoms with Crippen molar-refractivity contribution in [2.24, 2.45) is 0 Å². The maximum atomic E-state index is 12.1. The first kappa shape index (κ1) is 37.0. The SMILES string of the molecule is Cc1ccc(-c2nn[nH]n2)cc1.Cc1ccc(NC(=O)c2ccc(-c3nn[nH]n3)cc2)cc1.Cc1ccccc1COC(=O)c1ccc(-c2nn[nH]n2)cc1. The van der Waals surface area contributed by atoms with Crippen LogP contribution in [0.5, 0.6) is 0 Å². The minimum Gasteiger partial charge on any atom is -0.457 e. The predicted molar refractivity (Wildman–Crippen MR) is 203 cm³/mol. The van der Waals surface area contributed by atoms with Gasteiger partial charge in [-0.1, -0.05) is 96.1 Å². The number of benzene rings is 5. The number of carbonyl (C=O) groups is 2. The van der Waals surface area contributed by atoms with Gasteiger partial charge in [0.1, 0.15) is 6.61 Å². The molecule has 4 N–H and O–H groups in total. The molecule has 0 atom stereocenters. The number of nitrogens with zero attached hydrogens (tertiary/aromatic N) is 9. The molecule has 0 aliphatic rings. The van der Waals surface area contributed by atoms with Crippen LogP contribution in [0.2, 0.25) is 0 Å². The van der Waals surface area contributed by atoms with Gasteiger partial charge < -0.3 is 10.1 Å². The van der Waals surface area contributed by atoms with Crippen LogP contribution in [0.4, 0.5) is 5.69 Å². The fourth-order valence-electron chi connectivity index (χ4n) is 4.92. The Morgan fingerprint density at radius 2 is 0.982 bits per heavy atom. The summed E-state index contributed by atoms with van der Waals surface area (Å²) in [6, 6.07) is 37.4. The number of nitrogens with one attached hydrogen (secondary N) is 4. The van der Waals surface area contributed by atoms with E-state index in [0.717, 1.165) is 39.1 Å². The van der Waals surface area contributed by atoms with Gasteiger partial charge in [0.05, 0.1) is 5.56 Å². The first-order chi connectivity index (χ1) is 26.8. The second-order valence-corrected chi connectivity index (χ2v) is 12.0. The number of esters is 1. The Labute approximate surface area is 314 Å². The first-order valence-corrected chi connectivity index (χ1v) is 16.9. The van der Waals surface area contributed by atoms with E-state index in [2.05, 4.69) is 67.2 Å². The topological polar surface area (TPSA) is 219 Å². The van der Waals surface area contributed by atoms with Crippen LogP contribution in [0.3, 0.4) is 0 Å². The molecule has 3 heterocycles. The summed E-state index contributed by atoms with van der Waals surface area (Å²) in [5.74, 6) is 1.11. The van der Waals surface area contributed by atoms with E-state index in [1.807, 2.05) is 93.6 Å². The van der Waals surface area contributed by atoms with Gasteiger partial charge in [-0.05, 0) is 83.9 Å². The molecule has 0 saturated heterocycles. The third kappa shape index (κ3) is 10.4. The van der Waals surface area contributed by atoms with Crippen molar-refractivity contribution in [1.82, 2.24) is 61.9 Å². The lowest BCUT2D eigenvalue weighted by Crippen LogP contribution is -2.11. The molecule has 0 spiro atoms. The maximum Gasteiger partial charge on any atom is 0.338 e. The number of amides is 1. The minimum atomic E-state index is -0.358. The van der Waals surface area contributed by atoms with E-state index < -0.39 is 0 Å². The van der Waals surface area contributed by atoms with Crippen molar-refractivity contribution in [1.29, 1.82) is 0 Å². The van der Waals surface area contributed by atoms with Crippen LogP contribution in [0.25, 0.3) is 34.2 Å². The molecule has 0 radical (unpaired) electrons. The zero-order chi connectivity index (χ0) is 38.4. The maximum absolute atomic E-state index is 12.1. The Bertz CT molecular complexity index is 2380. The highest BCUT2D eigenvalue weighted by Crippen LogP contribution is 2.18. The lowest BCUT2D eigenvalue weighted by Gasteiger charge is -2.07. The van der Waals surface area contributed by atoms with Crippen LogP contribution in [-0.2, 0) is 11.3 Å². The number of hydrogen-bond acceptors (Lipinski definition) is 12. The number of aromatic nitrogens is 12. The van der Waals surface area contributed by atoms with E-state index in [0.29, 0.717) is 28.6 Å². The third-order valence-electron chi connectivity index (χ3n) is 8.06. The smallest absolute Gasteiger partial charge is 0.338 e. The van der Waals surface area contributed by atoms with E-state index in [4.69, 9.17) is 4.74 Å². The molecule has 1 amide bonds. The lowest BCUT2D eigenvalue weighted by atomic mass is 10.1. The van der Waals surface area contributed by atoms with Gasteiger partial charge in [0, 0.05) is 27.9 Å². The quantitative estimate of drug-likeness (QED) is 0.130. The lowest BCUT2D eigenvalue weighted by molar-refractivity contribution is 0.0472. The molecular weight excluding hydrogens is 699 g/mol. The van der Waals surface area contributed by atoms with E-state index in [-0.39, 0.29) is 18.5 Å². The van der Waals surface area contributed by atoms with Gasteiger partial charge in [0.25, 0.3) is 5.91 Å². The van der Waals surface area contributed by atoms with Crippen LogP contribution in [0.1, 0.15) is 43.0 Å². The number of carbonyl (C=O) groups excluding carboxylic acids is 2. The molecular formula is C39H35N13O3. The summed E-state index contributed by atoms with van der Waals surface area (Å²) in [5.41, 5.74) is 8.87. The highest BCUT2D eigenvalue weighted by Gasteiger charge is 2.11. The summed E-state index contributed by atoms with van der Waals surface area (Å²) < 4.78 is 5.34. The number of hydrogen-bond donors (Lipinski definition) is 4. The van der Waals surface area contributed by atoms with E-state index >= 15 is 0 Å². The zero-order valence-corrected chi connectivity index (χ0v) is 30.0. The summed E-state index contributed by atoms with van der Waals surface area (Å²) in [7, 11) is 0. The van der Waals surface area contributed by atoms with Gasteiger partial charge in [-0.2, -0.15) is 15.6 Å². The van der Waals surface area contributed by atoms with Crippen molar-refractivity contribution in [2.45, 2.75) is 27.4 Å². The number of anilines is 1. The Hall–Kier alpha value is -7.75. The monoisotopic (exact) mass is 733 g/mol.